The van der Waals surface area contributed by atoms with Gasteiger partial charge in [-0.05, 0) is 56.2 Å². The average molecular weight is 409 g/mol. The summed E-state index contributed by atoms with van der Waals surface area (Å²) in [6.07, 6.45) is 4.27. The highest BCUT2D eigenvalue weighted by molar-refractivity contribution is 6.04. The normalized spacial score (nSPS) is 13.5. The van der Waals surface area contributed by atoms with Crippen molar-refractivity contribution in [3.8, 4) is 0 Å². The Labute approximate surface area is 176 Å². The molecule has 1 aliphatic rings. The second-order valence-corrected chi connectivity index (χ2v) is 7.20. The van der Waals surface area contributed by atoms with E-state index < -0.39 is 0 Å². The highest BCUT2D eigenvalue weighted by atomic mass is 16.5. The minimum atomic E-state index is -0.380. The number of carbonyl (C=O) groups excluding carboxylic acids is 3. The molecule has 0 saturated heterocycles. The van der Waals surface area contributed by atoms with E-state index >= 15 is 0 Å². The average Bonchev–Trinajstić information content (AvgIpc) is 3.26. The monoisotopic (exact) mass is 409 g/mol. The van der Waals surface area contributed by atoms with E-state index in [4.69, 9.17) is 4.74 Å². The molecule has 0 unspecified atom stereocenters. The van der Waals surface area contributed by atoms with Crippen molar-refractivity contribution in [1.29, 1.82) is 0 Å². The summed E-state index contributed by atoms with van der Waals surface area (Å²) in [5, 5.41) is 8.85. The molecule has 0 radical (unpaired) electrons. The molecule has 3 N–H and O–H groups in total. The predicted octanol–water partition coefficient (Wildman–Crippen LogP) is 3.59. The zero-order valence-electron chi connectivity index (χ0n) is 17.1. The maximum atomic E-state index is 12.6. The Kier molecular flexibility index (Phi) is 7.43. The van der Waals surface area contributed by atoms with E-state index in [0.29, 0.717) is 29.1 Å². The minimum Gasteiger partial charge on any atom is -0.462 e. The molecular formula is C23H27N3O4. The Bertz CT molecular complexity index is 890. The third-order valence-electron chi connectivity index (χ3n) is 4.99. The SMILES string of the molecule is CCOC(=O)c1ccc(NCC(=O)Nc2ccccc2C(=O)NC2CCCC2)cc1. The summed E-state index contributed by atoms with van der Waals surface area (Å²) in [4.78, 5) is 36.7. The van der Waals surface area contributed by atoms with Crippen molar-refractivity contribution in [3.63, 3.8) is 0 Å². The zero-order valence-corrected chi connectivity index (χ0v) is 17.1. The first kappa shape index (κ1) is 21.4. The first-order chi connectivity index (χ1) is 14.6. The largest absolute Gasteiger partial charge is 0.462 e. The van der Waals surface area contributed by atoms with E-state index in [1.54, 1.807) is 55.5 Å². The molecule has 1 fully saturated rings. The van der Waals surface area contributed by atoms with Crippen LogP contribution in [0.15, 0.2) is 48.5 Å². The number of benzene rings is 2. The molecule has 7 heteroatoms. The van der Waals surface area contributed by atoms with Crippen molar-refractivity contribution in [2.45, 2.75) is 38.6 Å². The van der Waals surface area contributed by atoms with Gasteiger partial charge in [0.05, 0.1) is 30.0 Å². The van der Waals surface area contributed by atoms with Gasteiger partial charge in [-0.15, -0.1) is 0 Å². The van der Waals surface area contributed by atoms with Gasteiger partial charge in [-0.25, -0.2) is 4.79 Å². The van der Waals surface area contributed by atoms with E-state index in [2.05, 4.69) is 16.0 Å². The summed E-state index contributed by atoms with van der Waals surface area (Å²) in [7, 11) is 0. The van der Waals surface area contributed by atoms with Crippen LogP contribution >= 0.6 is 0 Å². The molecule has 0 spiro atoms. The Hall–Kier alpha value is -3.35. The molecule has 0 heterocycles. The number of amides is 2. The molecule has 30 heavy (non-hydrogen) atoms. The first-order valence-corrected chi connectivity index (χ1v) is 10.3. The first-order valence-electron chi connectivity index (χ1n) is 10.3. The van der Waals surface area contributed by atoms with Gasteiger partial charge in [-0.3, -0.25) is 9.59 Å². The van der Waals surface area contributed by atoms with E-state index in [0.717, 1.165) is 25.7 Å². The Morgan fingerprint density at radius 1 is 1.00 bits per heavy atom. The Morgan fingerprint density at radius 2 is 1.70 bits per heavy atom. The van der Waals surface area contributed by atoms with Crippen LogP contribution in [0.2, 0.25) is 0 Å². The standard InChI is InChI=1S/C23H27N3O4/c1-2-30-23(29)16-11-13-17(14-12-16)24-15-21(27)26-20-10-6-5-9-19(20)22(28)25-18-7-3-4-8-18/h5-6,9-14,18,24H,2-4,7-8,15H2,1H3,(H,25,28)(H,26,27). The lowest BCUT2D eigenvalue weighted by Crippen LogP contribution is -2.33. The highest BCUT2D eigenvalue weighted by Gasteiger charge is 2.20. The third-order valence-corrected chi connectivity index (χ3v) is 4.99. The van der Waals surface area contributed by atoms with Crippen LogP contribution in [0, 0.1) is 0 Å². The van der Waals surface area contributed by atoms with Crippen LogP contribution in [0.3, 0.4) is 0 Å². The van der Waals surface area contributed by atoms with E-state index in [9.17, 15) is 14.4 Å². The van der Waals surface area contributed by atoms with Crippen LogP contribution in [0.4, 0.5) is 11.4 Å². The zero-order chi connectivity index (χ0) is 21.3. The van der Waals surface area contributed by atoms with Gasteiger partial charge in [0, 0.05) is 11.7 Å². The van der Waals surface area contributed by atoms with Crippen molar-refractivity contribution in [2.75, 3.05) is 23.8 Å². The second-order valence-electron chi connectivity index (χ2n) is 7.20. The number of ether oxygens (including phenoxy) is 1. The lowest BCUT2D eigenvalue weighted by Gasteiger charge is -2.15. The second kappa shape index (κ2) is 10.4. The van der Waals surface area contributed by atoms with Crippen LogP contribution in [-0.4, -0.2) is 37.0 Å². The molecule has 158 valence electrons. The van der Waals surface area contributed by atoms with E-state index in [1.807, 2.05) is 0 Å². The summed E-state index contributed by atoms with van der Waals surface area (Å²) in [5.41, 5.74) is 2.09. The van der Waals surface area contributed by atoms with Crippen LogP contribution in [0.5, 0.6) is 0 Å². The van der Waals surface area contributed by atoms with Gasteiger partial charge >= 0.3 is 5.97 Å². The van der Waals surface area contributed by atoms with Gasteiger partial charge in [0.1, 0.15) is 0 Å². The fraction of sp³-hybridized carbons (Fsp3) is 0.348. The fourth-order valence-corrected chi connectivity index (χ4v) is 3.44. The van der Waals surface area contributed by atoms with Crippen molar-refractivity contribution in [1.82, 2.24) is 5.32 Å². The lowest BCUT2D eigenvalue weighted by molar-refractivity contribution is -0.114. The molecule has 2 aromatic rings. The molecule has 1 saturated carbocycles. The third kappa shape index (κ3) is 5.83. The molecule has 0 aliphatic heterocycles. The van der Waals surface area contributed by atoms with Crippen molar-refractivity contribution < 1.29 is 19.1 Å². The molecule has 2 aromatic carbocycles. The quantitative estimate of drug-likeness (QED) is 0.579. The number of para-hydroxylation sites is 1. The van der Waals surface area contributed by atoms with Gasteiger partial charge in [-0.2, -0.15) is 0 Å². The lowest BCUT2D eigenvalue weighted by atomic mass is 10.1. The number of nitrogens with one attached hydrogen (secondary N) is 3. The Balaban J connectivity index is 1.55. The number of carbonyl (C=O) groups is 3. The molecule has 1 aliphatic carbocycles. The topological polar surface area (TPSA) is 96.5 Å². The minimum absolute atomic E-state index is 0.0251. The molecule has 0 aromatic heterocycles. The van der Waals surface area contributed by atoms with Crippen LogP contribution in [0.25, 0.3) is 0 Å². The van der Waals surface area contributed by atoms with Crippen molar-refractivity contribution in [3.05, 3.63) is 59.7 Å². The summed E-state index contributed by atoms with van der Waals surface area (Å²) in [6.45, 7) is 2.10. The molecular weight excluding hydrogens is 382 g/mol. The number of anilines is 2. The van der Waals surface area contributed by atoms with Crippen molar-refractivity contribution >= 4 is 29.2 Å². The molecule has 0 bridgehead atoms. The molecule has 3 rings (SSSR count). The molecule has 2 amide bonds. The van der Waals surface area contributed by atoms with Gasteiger partial charge < -0.3 is 20.7 Å². The Morgan fingerprint density at radius 3 is 2.40 bits per heavy atom. The van der Waals surface area contributed by atoms with Crippen LogP contribution < -0.4 is 16.0 Å². The summed E-state index contributed by atoms with van der Waals surface area (Å²) >= 11 is 0. The maximum absolute atomic E-state index is 12.6. The van der Waals surface area contributed by atoms with Gasteiger partial charge in [0.15, 0.2) is 0 Å². The van der Waals surface area contributed by atoms with E-state index in [-0.39, 0.29) is 30.4 Å². The van der Waals surface area contributed by atoms with Gasteiger partial charge in [-0.1, -0.05) is 25.0 Å². The number of rotatable bonds is 8. The smallest absolute Gasteiger partial charge is 0.338 e. The maximum Gasteiger partial charge on any atom is 0.338 e. The van der Waals surface area contributed by atoms with Crippen LogP contribution in [0.1, 0.15) is 53.3 Å². The van der Waals surface area contributed by atoms with E-state index in [1.165, 1.54) is 0 Å². The fourth-order valence-electron chi connectivity index (χ4n) is 3.44. The van der Waals surface area contributed by atoms with Crippen molar-refractivity contribution in [2.24, 2.45) is 0 Å². The number of hydrogen-bond donors (Lipinski definition) is 3. The van der Waals surface area contributed by atoms with Gasteiger partial charge in [0.2, 0.25) is 5.91 Å². The van der Waals surface area contributed by atoms with Crippen LogP contribution in [-0.2, 0) is 9.53 Å². The summed E-state index contributed by atoms with van der Waals surface area (Å²) in [5.74, 6) is -0.819. The predicted molar refractivity (Wildman–Crippen MR) is 116 cm³/mol. The summed E-state index contributed by atoms with van der Waals surface area (Å²) < 4.78 is 4.95. The number of hydrogen-bond acceptors (Lipinski definition) is 5. The molecule has 7 nitrogen and oxygen atoms in total. The highest BCUT2D eigenvalue weighted by Crippen LogP contribution is 2.20. The summed E-state index contributed by atoms with van der Waals surface area (Å²) in [6, 6.07) is 13.9. The number of esters is 1. The van der Waals surface area contributed by atoms with Gasteiger partial charge in [0.25, 0.3) is 5.91 Å². The molecule has 0 atom stereocenters.